The Kier molecular flexibility index (Phi) is 5.36. The summed E-state index contributed by atoms with van der Waals surface area (Å²) >= 11 is 0. The number of amides is 1. The molecule has 154 valence electrons. The first kappa shape index (κ1) is 19.6. The van der Waals surface area contributed by atoms with Crippen LogP contribution in [0.4, 0.5) is 4.39 Å². The van der Waals surface area contributed by atoms with Gasteiger partial charge in [-0.15, -0.1) is 0 Å². The van der Waals surface area contributed by atoms with E-state index in [9.17, 15) is 14.0 Å². The molecule has 1 amide bonds. The quantitative estimate of drug-likeness (QED) is 0.826. The number of rotatable bonds is 5. The molecule has 1 aromatic carbocycles. The molecule has 1 atom stereocenters. The largest absolute Gasteiger partial charge is 0.480 e. The highest BCUT2D eigenvalue weighted by molar-refractivity contribution is 5.80. The van der Waals surface area contributed by atoms with Gasteiger partial charge in [-0.05, 0) is 49.6 Å². The van der Waals surface area contributed by atoms with Crippen molar-refractivity contribution in [3.8, 4) is 0 Å². The molecule has 29 heavy (non-hydrogen) atoms. The fourth-order valence-corrected chi connectivity index (χ4v) is 4.38. The second-order valence-electron chi connectivity index (χ2n) is 7.92. The SMILES string of the molecule is Cc1nn(Cc2ccc(F)cc2)c2c1CCN(C(=O)C1CCN(CC(=O)O)C1)C2. The molecule has 8 heteroatoms. The Balaban J connectivity index is 1.47. The van der Waals surface area contributed by atoms with Crippen LogP contribution in [0.15, 0.2) is 24.3 Å². The first-order chi connectivity index (χ1) is 13.9. The minimum atomic E-state index is -0.860. The highest BCUT2D eigenvalue weighted by Gasteiger charge is 2.34. The van der Waals surface area contributed by atoms with Crippen molar-refractivity contribution in [1.82, 2.24) is 19.6 Å². The Labute approximate surface area is 168 Å². The Morgan fingerprint density at radius 3 is 2.72 bits per heavy atom. The lowest BCUT2D eigenvalue weighted by molar-refractivity contribution is -0.139. The average Bonchev–Trinajstić information content (AvgIpc) is 3.27. The van der Waals surface area contributed by atoms with Crippen LogP contribution in [-0.4, -0.2) is 62.7 Å². The van der Waals surface area contributed by atoms with Crippen LogP contribution in [0.3, 0.4) is 0 Å². The standard InChI is InChI=1S/C21H25FN4O3/c1-14-18-7-9-25(21(29)16-6-8-24(11-16)13-20(27)28)12-19(18)26(23-14)10-15-2-4-17(22)5-3-15/h2-5,16H,6-13H2,1H3,(H,27,28). The van der Waals surface area contributed by atoms with E-state index < -0.39 is 5.97 Å². The first-order valence-corrected chi connectivity index (χ1v) is 9.93. The number of aliphatic carboxylic acids is 1. The highest BCUT2D eigenvalue weighted by atomic mass is 19.1. The van der Waals surface area contributed by atoms with Gasteiger partial charge < -0.3 is 10.0 Å². The molecule has 0 bridgehead atoms. The summed E-state index contributed by atoms with van der Waals surface area (Å²) < 4.78 is 15.1. The van der Waals surface area contributed by atoms with Gasteiger partial charge in [-0.3, -0.25) is 19.2 Å². The maximum atomic E-state index is 13.2. The van der Waals surface area contributed by atoms with Crippen molar-refractivity contribution in [1.29, 1.82) is 0 Å². The summed E-state index contributed by atoms with van der Waals surface area (Å²) in [5, 5.41) is 13.6. The van der Waals surface area contributed by atoms with Gasteiger partial charge in [-0.2, -0.15) is 5.10 Å². The second kappa shape index (κ2) is 7.94. The number of fused-ring (bicyclic) bond motifs is 1. The first-order valence-electron chi connectivity index (χ1n) is 9.93. The van der Waals surface area contributed by atoms with Gasteiger partial charge in [-0.25, -0.2) is 4.39 Å². The van der Waals surface area contributed by atoms with E-state index in [1.807, 2.05) is 21.4 Å². The minimum absolute atomic E-state index is 0.0163. The van der Waals surface area contributed by atoms with Crippen LogP contribution in [0.2, 0.25) is 0 Å². The predicted molar refractivity (Wildman–Crippen MR) is 104 cm³/mol. The van der Waals surface area contributed by atoms with Gasteiger partial charge in [0.05, 0.1) is 36.9 Å². The third-order valence-corrected chi connectivity index (χ3v) is 5.88. The van der Waals surface area contributed by atoms with E-state index in [2.05, 4.69) is 5.10 Å². The topological polar surface area (TPSA) is 78.7 Å². The van der Waals surface area contributed by atoms with Crippen molar-refractivity contribution in [3.63, 3.8) is 0 Å². The number of likely N-dealkylation sites (tertiary alicyclic amines) is 1. The number of benzene rings is 1. The van der Waals surface area contributed by atoms with E-state index in [1.54, 1.807) is 12.1 Å². The molecule has 0 aliphatic carbocycles. The summed E-state index contributed by atoms with van der Waals surface area (Å²) in [6, 6.07) is 6.38. The lowest BCUT2D eigenvalue weighted by atomic mass is 10.0. The van der Waals surface area contributed by atoms with Crippen LogP contribution in [-0.2, 0) is 29.1 Å². The van der Waals surface area contributed by atoms with Crippen molar-refractivity contribution in [2.24, 2.45) is 5.92 Å². The molecular formula is C21H25FN4O3. The Morgan fingerprint density at radius 2 is 2.00 bits per heavy atom. The average molecular weight is 400 g/mol. The number of halogens is 1. The minimum Gasteiger partial charge on any atom is -0.480 e. The summed E-state index contributed by atoms with van der Waals surface area (Å²) in [4.78, 5) is 27.6. The number of carbonyl (C=O) groups is 2. The zero-order chi connectivity index (χ0) is 20.5. The van der Waals surface area contributed by atoms with Crippen LogP contribution in [0.5, 0.6) is 0 Å². The molecule has 0 spiro atoms. The second-order valence-corrected chi connectivity index (χ2v) is 7.92. The van der Waals surface area contributed by atoms with Gasteiger partial charge in [0.2, 0.25) is 5.91 Å². The van der Waals surface area contributed by atoms with Crippen LogP contribution in [0.25, 0.3) is 0 Å². The van der Waals surface area contributed by atoms with Crippen LogP contribution >= 0.6 is 0 Å². The van der Waals surface area contributed by atoms with E-state index >= 15 is 0 Å². The zero-order valence-corrected chi connectivity index (χ0v) is 16.5. The highest BCUT2D eigenvalue weighted by Crippen LogP contribution is 2.26. The molecule has 1 fully saturated rings. The molecule has 0 radical (unpaired) electrons. The lowest BCUT2D eigenvalue weighted by Gasteiger charge is -2.30. The molecule has 1 aromatic heterocycles. The van der Waals surface area contributed by atoms with E-state index in [-0.39, 0.29) is 24.2 Å². The van der Waals surface area contributed by atoms with Crippen molar-refractivity contribution < 1.29 is 19.1 Å². The molecule has 1 saturated heterocycles. The van der Waals surface area contributed by atoms with Crippen molar-refractivity contribution in [2.45, 2.75) is 32.9 Å². The maximum absolute atomic E-state index is 13.2. The summed E-state index contributed by atoms with van der Waals surface area (Å²) in [6.45, 7) is 4.81. The summed E-state index contributed by atoms with van der Waals surface area (Å²) in [5.41, 5.74) is 4.16. The van der Waals surface area contributed by atoms with E-state index in [4.69, 9.17) is 5.11 Å². The third-order valence-electron chi connectivity index (χ3n) is 5.88. The molecular weight excluding hydrogens is 375 g/mol. The molecule has 3 heterocycles. The number of aromatic nitrogens is 2. The van der Waals surface area contributed by atoms with Gasteiger partial charge in [0.15, 0.2) is 0 Å². The number of aryl methyl sites for hydroxylation is 1. The number of carbonyl (C=O) groups excluding carboxylic acids is 1. The van der Waals surface area contributed by atoms with Crippen molar-refractivity contribution in [2.75, 3.05) is 26.2 Å². The Hall–Kier alpha value is -2.74. The van der Waals surface area contributed by atoms with Crippen LogP contribution in [0.1, 0.15) is 28.9 Å². The number of nitrogens with zero attached hydrogens (tertiary/aromatic N) is 4. The van der Waals surface area contributed by atoms with Gasteiger partial charge >= 0.3 is 5.97 Å². The van der Waals surface area contributed by atoms with Gasteiger partial charge in [0.1, 0.15) is 5.82 Å². The normalized spacial score (nSPS) is 19.4. The van der Waals surface area contributed by atoms with Gasteiger partial charge in [-0.1, -0.05) is 12.1 Å². The summed E-state index contributed by atoms with van der Waals surface area (Å²) in [6.07, 6.45) is 1.46. The van der Waals surface area contributed by atoms with E-state index in [0.717, 1.165) is 23.4 Å². The third kappa shape index (κ3) is 4.17. The monoisotopic (exact) mass is 400 g/mol. The number of hydrogen-bond acceptors (Lipinski definition) is 4. The van der Waals surface area contributed by atoms with E-state index in [1.165, 1.54) is 17.7 Å². The molecule has 1 N–H and O–H groups in total. The van der Waals surface area contributed by atoms with Crippen molar-refractivity contribution >= 4 is 11.9 Å². The fourth-order valence-electron chi connectivity index (χ4n) is 4.38. The molecule has 2 aliphatic heterocycles. The number of carboxylic acid groups (broad SMARTS) is 1. The van der Waals surface area contributed by atoms with E-state index in [0.29, 0.717) is 39.1 Å². The molecule has 0 saturated carbocycles. The Morgan fingerprint density at radius 1 is 1.24 bits per heavy atom. The molecule has 7 nitrogen and oxygen atoms in total. The predicted octanol–water partition coefficient (Wildman–Crippen LogP) is 1.67. The molecule has 2 aliphatic rings. The fraction of sp³-hybridized carbons (Fsp3) is 0.476. The summed E-state index contributed by atoms with van der Waals surface area (Å²) in [7, 11) is 0. The number of hydrogen-bond donors (Lipinski definition) is 1. The Bertz CT molecular complexity index is 925. The molecule has 4 rings (SSSR count). The lowest BCUT2D eigenvalue weighted by Crippen LogP contribution is -2.41. The van der Waals surface area contributed by atoms with Crippen molar-refractivity contribution in [3.05, 3.63) is 52.6 Å². The van der Waals surface area contributed by atoms with Gasteiger partial charge in [0, 0.05) is 13.1 Å². The van der Waals surface area contributed by atoms with Gasteiger partial charge in [0.25, 0.3) is 0 Å². The molecule has 2 aromatic rings. The summed E-state index contributed by atoms with van der Waals surface area (Å²) in [5.74, 6) is -1.18. The molecule has 1 unspecified atom stereocenters. The van der Waals surface area contributed by atoms with Crippen LogP contribution < -0.4 is 0 Å². The smallest absolute Gasteiger partial charge is 0.317 e. The number of carboxylic acids is 1. The zero-order valence-electron chi connectivity index (χ0n) is 16.5. The van der Waals surface area contributed by atoms with Crippen LogP contribution in [0, 0.1) is 18.7 Å². The maximum Gasteiger partial charge on any atom is 0.317 e.